The number of hydrogen-bond acceptors (Lipinski definition) is 7. The van der Waals surface area contributed by atoms with Gasteiger partial charge in [0, 0.05) is 22.3 Å². The molecular formula is C26H18BrF2N5O4S. The minimum absolute atomic E-state index is 0.00276. The molecule has 5 aromatic rings. The number of hydrogen-bond donors (Lipinski definition) is 2. The number of aromatic nitrogens is 3. The van der Waals surface area contributed by atoms with Crippen molar-refractivity contribution >= 4 is 48.5 Å². The molecule has 13 heteroatoms. The molecule has 3 N–H and O–H groups in total. The smallest absolute Gasteiger partial charge is 0.267 e. The van der Waals surface area contributed by atoms with Gasteiger partial charge in [0.1, 0.15) is 22.2 Å². The van der Waals surface area contributed by atoms with E-state index in [1.165, 1.54) is 23.9 Å². The number of anilines is 2. The molecule has 2 aromatic heterocycles. The number of sulfonamides is 1. The highest BCUT2D eigenvalue weighted by molar-refractivity contribution is 9.10. The zero-order valence-corrected chi connectivity index (χ0v) is 22.4. The van der Waals surface area contributed by atoms with Crippen molar-refractivity contribution < 1.29 is 21.9 Å². The number of benzene rings is 3. The van der Waals surface area contributed by atoms with Gasteiger partial charge in [0.05, 0.1) is 23.7 Å². The number of ether oxygens (including phenoxy) is 1. The first-order chi connectivity index (χ1) is 18.6. The van der Waals surface area contributed by atoms with Crippen LogP contribution in [0.2, 0.25) is 0 Å². The lowest BCUT2D eigenvalue weighted by atomic mass is 10.0. The van der Waals surface area contributed by atoms with Crippen molar-refractivity contribution in [2.45, 2.75) is 4.90 Å². The summed E-state index contributed by atoms with van der Waals surface area (Å²) in [5.74, 6) is -2.26. The van der Waals surface area contributed by atoms with Crippen molar-refractivity contribution in [3.8, 4) is 22.7 Å². The maximum Gasteiger partial charge on any atom is 0.267 e. The summed E-state index contributed by atoms with van der Waals surface area (Å²) in [6.45, 7) is 0. The lowest BCUT2D eigenvalue weighted by Crippen LogP contribution is -2.23. The average molecular weight is 614 g/mol. The minimum Gasteiger partial charge on any atom is -0.480 e. The zero-order valence-electron chi connectivity index (χ0n) is 20.0. The topological polar surface area (TPSA) is 129 Å². The second-order valence-electron chi connectivity index (χ2n) is 8.25. The number of fused-ring (bicyclic) bond motifs is 1. The van der Waals surface area contributed by atoms with Crippen LogP contribution in [-0.4, -0.2) is 30.1 Å². The molecule has 5 rings (SSSR count). The maximum atomic E-state index is 14.2. The van der Waals surface area contributed by atoms with E-state index >= 15 is 0 Å². The van der Waals surface area contributed by atoms with Gasteiger partial charge in [-0.05, 0) is 64.0 Å². The summed E-state index contributed by atoms with van der Waals surface area (Å²) in [6, 6.07) is 15.4. The van der Waals surface area contributed by atoms with Crippen molar-refractivity contribution in [3.05, 3.63) is 99.4 Å². The number of methoxy groups -OCH3 is 1. The molecule has 9 nitrogen and oxygen atoms in total. The Kier molecular flexibility index (Phi) is 6.78. The van der Waals surface area contributed by atoms with Crippen molar-refractivity contribution in [2.75, 3.05) is 17.6 Å². The van der Waals surface area contributed by atoms with Gasteiger partial charge in [0.15, 0.2) is 0 Å². The molecule has 0 radical (unpaired) electrons. The number of nitrogens with zero attached hydrogens (tertiary/aromatic N) is 3. The molecule has 0 amide bonds. The molecule has 0 saturated heterocycles. The van der Waals surface area contributed by atoms with Gasteiger partial charge in [-0.25, -0.2) is 31.7 Å². The van der Waals surface area contributed by atoms with E-state index in [9.17, 15) is 22.0 Å². The van der Waals surface area contributed by atoms with Crippen LogP contribution in [0.3, 0.4) is 0 Å². The Morgan fingerprint density at radius 2 is 1.79 bits per heavy atom. The van der Waals surface area contributed by atoms with E-state index in [0.29, 0.717) is 32.9 Å². The normalized spacial score (nSPS) is 11.5. The third kappa shape index (κ3) is 4.93. The Bertz CT molecular complexity index is 1930. The fraction of sp³-hybridized carbons (Fsp3) is 0.0385. The molecule has 198 valence electrons. The van der Waals surface area contributed by atoms with Crippen molar-refractivity contribution in [2.24, 2.45) is 0 Å². The van der Waals surface area contributed by atoms with E-state index in [-0.39, 0.29) is 22.9 Å². The van der Waals surface area contributed by atoms with Gasteiger partial charge in [0.2, 0.25) is 11.8 Å². The fourth-order valence-electron chi connectivity index (χ4n) is 3.99. The van der Waals surface area contributed by atoms with Crippen LogP contribution >= 0.6 is 15.9 Å². The molecule has 0 fully saturated rings. The Hall–Kier alpha value is -4.36. The van der Waals surface area contributed by atoms with E-state index in [1.807, 2.05) is 0 Å². The second-order valence-corrected chi connectivity index (χ2v) is 10.8. The molecule has 0 unspecified atom stereocenters. The number of rotatable bonds is 6. The lowest BCUT2D eigenvalue weighted by molar-refractivity contribution is 0.400. The number of nitrogens with one attached hydrogen (secondary N) is 1. The largest absolute Gasteiger partial charge is 0.480 e. The van der Waals surface area contributed by atoms with E-state index in [0.717, 1.165) is 12.1 Å². The van der Waals surface area contributed by atoms with Crippen LogP contribution in [0.5, 0.6) is 5.88 Å². The molecule has 0 atom stereocenters. The third-order valence-electron chi connectivity index (χ3n) is 5.79. The number of halogens is 3. The van der Waals surface area contributed by atoms with Gasteiger partial charge < -0.3 is 10.5 Å². The number of nitrogens with two attached hydrogens (primary N) is 1. The van der Waals surface area contributed by atoms with Crippen LogP contribution in [-0.2, 0) is 10.0 Å². The molecule has 0 aliphatic rings. The van der Waals surface area contributed by atoms with Crippen LogP contribution in [0.4, 0.5) is 20.4 Å². The predicted molar refractivity (Wildman–Crippen MR) is 146 cm³/mol. The number of para-hydroxylation sites is 1. The lowest BCUT2D eigenvalue weighted by Gasteiger charge is -2.14. The summed E-state index contributed by atoms with van der Waals surface area (Å²) < 4.78 is 62.6. The standard InChI is InChI=1S/C26H18BrF2N5O4S/c1-38-24-21(33-39(36,37)23-9-7-16(28)12-19(23)29)11-15(13-31-24)14-6-8-20-17(10-14)25(35)34(26(30)32-20)22-5-3-2-4-18(22)27/h2-13,33H,1H3,(H2,30,32). The van der Waals surface area contributed by atoms with Gasteiger partial charge in [0.25, 0.3) is 15.6 Å². The first-order valence-electron chi connectivity index (χ1n) is 11.2. The van der Waals surface area contributed by atoms with E-state index in [4.69, 9.17) is 10.5 Å². The van der Waals surface area contributed by atoms with Crippen LogP contribution in [0, 0.1) is 11.6 Å². The Labute approximate surface area is 229 Å². The molecule has 0 bridgehead atoms. The summed E-state index contributed by atoms with van der Waals surface area (Å²) in [5, 5.41) is 0.254. The van der Waals surface area contributed by atoms with Gasteiger partial charge in [-0.15, -0.1) is 0 Å². The van der Waals surface area contributed by atoms with Crippen LogP contribution < -0.4 is 20.8 Å². The maximum absolute atomic E-state index is 14.2. The molecule has 0 aliphatic carbocycles. The first kappa shape index (κ1) is 26.3. The third-order valence-corrected chi connectivity index (χ3v) is 7.86. The van der Waals surface area contributed by atoms with Crippen LogP contribution in [0.15, 0.2) is 87.1 Å². The van der Waals surface area contributed by atoms with Gasteiger partial charge in [-0.3, -0.25) is 9.52 Å². The SMILES string of the molecule is COc1ncc(-c2ccc3nc(N)n(-c4ccccc4Br)c(=O)c3c2)cc1NS(=O)(=O)c1ccc(F)cc1F. The molecule has 39 heavy (non-hydrogen) atoms. The highest BCUT2D eigenvalue weighted by atomic mass is 79.9. The molecule has 0 saturated carbocycles. The van der Waals surface area contributed by atoms with Crippen molar-refractivity contribution in [1.82, 2.24) is 14.5 Å². The Balaban J connectivity index is 1.61. The summed E-state index contributed by atoms with van der Waals surface area (Å²) in [6.07, 6.45) is 1.42. The molecule has 0 spiro atoms. The monoisotopic (exact) mass is 613 g/mol. The van der Waals surface area contributed by atoms with Gasteiger partial charge >= 0.3 is 0 Å². The Morgan fingerprint density at radius 3 is 2.51 bits per heavy atom. The molecule has 3 aromatic carbocycles. The minimum atomic E-state index is -4.47. The quantitative estimate of drug-likeness (QED) is 0.279. The van der Waals surface area contributed by atoms with Gasteiger partial charge in [-0.1, -0.05) is 18.2 Å². The van der Waals surface area contributed by atoms with Crippen molar-refractivity contribution in [1.29, 1.82) is 0 Å². The van der Waals surface area contributed by atoms with Crippen LogP contribution in [0.25, 0.3) is 27.7 Å². The molecule has 0 aliphatic heterocycles. The molecule has 2 heterocycles. The highest BCUT2D eigenvalue weighted by Gasteiger charge is 2.22. The molecular weight excluding hydrogens is 596 g/mol. The van der Waals surface area contributed by atoms with Gasteiger partial charge in [-0.2, -0.15) is 0 Å². The van der Waals surface area contributed by atoms with E-state index in [1.54, 1.807) is 42.5 Å². The van der Waals surface area contributed by atoms with Crippen LogP contribution in [0.1, 0.15) is 0 Å². The summed E-state index contributed by atoms with van der Waals surface area (Å²) in [7, 11) is -3.19. The predicted octanol–water partition coefficient (Wildman–Crippen LogP) is 4.88. The highest BCUT2D eigenvalue weighted by Crippen LogP contribution is 2.32. The first-order valence-corrected chi connectivity index (χ1v) is 13.5. The van der Waals surface area contributed by atoms with E-state index < -0.39 is 32.1 Å². The fourth-order valence-corrected chi connectivity index (χ4v) is 5.56. The Morgan fingerprint density at radius 1 is 1.03 bits per heavy atom. The van der Waals surface area contributed by atoms with E-state index in [2.05, 4.69) is 30.6 Å². The number of pyridine rings is 1. The summed E-state index contributed by atoms with van der Waals surface area (Å²) >= 11 is 3.43. The second kappa shape index (κ2) is 10.1. The summed E-state index contributed by atoms with van der Waals surface area (Å²) in [5.41, 5.74) is 7.39. The zero-order chi connectivity index (χ0) is 27.9. The average Bonchev–Trinajstić information content (AvgIpc) is 2.89. The summed E-state index contributed by atoms with van der Waals surface area (Å²) in [4.78, 5) is 21.2. The number of nitrogen functional groups attached to an aromatic ring is 1. The van der Waals surface area contributed by atoms with Crippen molar-refractivity contribution in [3.63, 3.8) is 0 Å².